The minimum atomic E-state index is 0.587. The maximum atomic E-state index is 6.50. The van der Waals surface area contributed by atoms with Gasteiger partial charge in [0.1, 0.15) is 22.3 Å². The topological polar surface area (TPSA) is 65.0 Å². The molecule has 5 heteroatoms. The molecule has 0 radical (unpaired) electrons. The summed E-state index contributed by atoms with van der Waals surface area (Å²) in [5, 5.41) is 8.79. The second-order valence-electron chi connectivity index (χ2n) is 11.6. The van der Waals surface area contributed by atoms with Gasteiger partial charge in [0.15, 0.2) is 17.5 Å². The summed E-state index contributed by atoms with van der Waals surface area (Å²) >= 11 is 0. The molecule has 214 valence electrons. The molecule has 3 heterocycles. The fraction of sp³-hybridized carbons (Fsp3) is 0. The predicted octanol–water partition coefficient (Wildman–Crippen LogP) is 11.0. The molecule has 7 aromatic carbocycles. The van der Waals surface area contributed by atoms with Gasteiger partial charge in [-0.3, -0.25) is 0 Å². The summed E-state index contributed by atoms with van der Waals surface area (Å²) in [7, 11) is 0. The van der Waals surface area contributed by atoms with Crippen molar-refractivity contribution in [1.82, 2.24) is 15.0 Å². The fourth-order valence-corrected chi connectivity index (χ4v) is 6.79. The van der Waals surface area contributed by atoms with Gasteiger partial charge in [0.2, 0.25) is 0 Å². The fourth-order valence-electron chi connectivity index (χ4n) is 6.79. The average Bonchev–Trinajstić information content (AvgIpc) is 3.69. The van der Waals surface area contributed by atoms with Crippen molar-refractivity contribution < 1.29 is 8.83 Å². The van der Waals surface area contributed by atoms with Crippen LogP contribution >= 0.6 is 0 Å². The Morgan fingerprint density at radius 2 is 0.978 bits per heavy atom. The first-order valence-electron chi connectivity index (χ1n) is 15.3. The number of hydrogen-bond donors (Lipinski definition) is 0. The zero-order valence-corrected chi connectivity index (χ0v) is 24.4. The zero-order valence-electron chi connectivity index (χ0n) is 24.4. The summed E-state index contributed by atoms with van der Waals surface area (Å²) in [5.74, 6) is 1.79. The van der Waals surface area contributed by atoms with Crippen molar-refractivity contribution in [3.8, 4) is 34.2 Å². The smallest absolute Gasteiger partial charge is 0.164 e. The van der Waals surface area contributed by atoms with E-state index < -0.39 is 0 Å². The molecule has 0 bridgehead atoms. The molecular formula is C41H23N3O2. The number of fused-ring (bicyclic) bond motifs is 10. The molecule has 0 aliphatic carbocycles. The largest absolute Gasteiger partial charge is 0.456 e. The number of rotatable bonds is 3. The third-order valence-corrected chi connectivity index (χ3v) is 8.91. The summed E-state index contributed by atoms with van der Waals surface area (Å²) in [4.78, 5) is 15.3. The van der Waals surface area contributed by atoms with Crippen molar-refractivity contribution in [1.29, 1.82) is 0 Å². The van der Waals surface area contributed by atoms with Crippen LogP contribution in [0.2, 0.25) is 0 Å². The van der Waals surface area contributed by atoms with Gasteiger partial charge in [-0.05, 0) is 52.6 Å². The number of para-hydroxylation sites is 2. The minimum absolute atomic E-state index is 0.587. The Morgan fingerprint density at radius 1 is 0.348 bits per heavy atom. The van der Waals surface area contributed by atoms with Gasteiger partial charge in [0.25, 0.3) is 0 Å². The lowest BCUT2D eigenvalue weighted by atomic mass is 9.94. The zero-order chi connectivity index (χ0) is 30.2. The van der Waals surface area contributed by atoms with E-state index in [0.29, 0.717) is 17.5 Å². The van der Waals surface area contributed by atoms with E-state index in [-0.39, 0.29) is 0 Å². The first-order chi connectivity index (χ1) is 22.8. The molecule has 0 atom stereocenters. The van der Waals surface area contributed by atoms with Crippen LogP contribution < -0.4 is 0 Å². The number of hydrogen-bond acceptors (Lipinski definition) is 5. The highest BCUT2D eigenvalue weighted by Gasteiger charge is 2.20. The molecule has 5 nitrogen and oxygen atoms in total. The molecule has 46 heavy (non-hydrogen) atoms. The van der Waals surface area contributed by atoms with Gasteiger partial charge in [0.05, 0.1) is 0 Å². The third-order valence-electron chi connectivity index (χ3n) is 8.91. The maximum absolute atomic E-state index is 6.50. The molecular weight excluding hydrogens is 566 g/mol. The molecule has 10 aromatic rings. The summed E-state index contributed by atoms with van der Waals surface area (Å²) in [6.45, 7) is 0. The summed E-state index contributed by atoms with van der Waals surface area (Å²) < 4.78 is 12.6. The van der Waals surface area contributed by atoms with E-state index in [1.165, 1.54) is 5.39 Å². The van der Waals surface area contributed by atoms with E-state index in [9.17, 15) is 0 Å². The van der Waals surface area contributed by atoms with Crippen LogP contribution in [-0.4, -0.2) is 15.0 Å². The minimum Gasteiger partial charge on any atom is -0.456 e. The van der Waals surface area contributed by atoms with Crippen LogP contribution in [0.25, 0.3) is 99.6 Å². The maximum Gasteiger partial charge on any atom is 0.164 e. The number of furan rings is 2. The molecule has 0 saturated heterocycles. The van der Waals surface area contributed by atoms with Crippen LogP contribution in [0, 0.1) is 0 Å². The number of aromatic nitrogens is 3. The normalized spacial score (nSPS) is 11.9. The summed E-state index contributed by atoms with van der Waals surface area (Å²) in [6, 6.07) is 47.5. The molecule has 3 aromatic heterocycles. The quantitative estimate of drug-likeness (QED) is 0.192. The second-order valence-corrected chi connectivity index (χ2v) is 11.6. The Balaban J connectivity index is 1.30. The van der Waals surface area contributed by atoms with E-state index in [0.717, 1.165) is 76.7 Å². The summed E-state index contributed by atoms with van der Waals surface area (Å²) in [6.07, 6.45) is 0. The number of nitrogens with zero attached hydrogens (tertiary/aromatic N) is 3. The first kappa shape index (κ1) is 25.0. The van der Waals surface area contributed by atoms with Gasteiger partial charge in [0, 0.05) is 43.6 Å². The molecule has 10 rings (SSSR count). The molecule has 0 saturated carbocycles. The Bertz CT molecular complexity index is 2810. The monoisotopic (exact) mass is 589 g/mol. The third kappa shape index (κ3) is 3.72. The van der Waals surface area contributed by atoms with Crippen LogP contribution in [-0.2, 0) is 0 Å². The van der Waals surface area contributed by atoms with Gasteiger partial charge < -0.3 is 8.83 Å². The average molecular weight is 590 g/mol. The van der Waals surface area contributed by atoms with Crippen molar-refractivity contribution in [3.05, 3.63) is 140 Å². The van der Waals surface area contributed by atoms with Crippen molar-refractivity contribution in [2.75, 3.05) is 0 Å². The second kappa shape index (κ2) is 9.58. The van der Waals surface area contributed by atoms with E-state index in [1.807, 2.05) is 72.8 Å². The SMILES string of the molecule is c1ccc(-c2nc(-c3ccc4oc5ccccc5c4c3)nc(-c3cc4oc5ccccc5c4c4c3ccc3ccccc34)n2)cc1. The number of benzene rings is 7. The molecule has 0 amide bonds. The van der Waals surface area contributed by atoms with E-state index >= 15 is 0 Å². The predicted molar refractivity (Wildman–Crippen MR) is 186 cm³/mol. The van der Waals surface area contributed by atoms with Crippen LogP contribution in [0.15, 0.2) is 148 Å². The highest BCUT2D eigenvalue weighted by atomic mass is 16.3. The standard InChI is InChI=1S/C41H23N3O2/c1-2-11-25(12-3-1)39-42-40(26-19-21-35-31(22-26)28-14-6-8-16-33(28)45-35)44-41(43-39)32-23-36-38(30-15-7-9-17-34(30)46-36)37-27-13-5-4-10-24(27)18-20-29(32)37/h1-23H. The van der Waals surface area contributed by atoms with Crippen LogP contribution in [0.3, 0.4) is 0 Å². The molecule has 0 N–H and O–H groups in total. The molecule has 0 aliphatic rings. The van der Waals surface area contributed by atoms with Gasteiger partial charge in [-0.1, -0.05) is 103 Å². The Labute approximate surface area is 262 Å². The lowest BCUT2D eigenvalue weighted by Gasteiger charge is -2.12. The van der Waals surface area contributed by atoms with Crippen LogP contribution in [0.5, 0.6) is 0 Å². The van der Waals surface area contributed by atoms with Gasteiger partial charge in [-0.15, -0.1) is 0 Å². The molecule has 0 spiro atoms. The Hall–Kier alpha value is -6.33. The first-order valence-corrected chi connectivity index (χ1v) is 15.3. The van der Waals surface area contributed by atoms with E-state index in [2.05, 4.69) is 66.7 Å². The van der Waals surface area contributed by atoms with Crippen molar-refractivity contribution in [2.45, 2.75) is 0 Å². The van der Waals surface area contributed by atoms with Crippen molar-refractivity contribution in [3.63, 3.8) is 0 Å². The molecule has 0 unspecified atom stereocenters. The van der Waals surface area contributed by atoms with Crippen molar-refractivity contribution in [2.24, 2.45) is 0 Å². The Morgan fingerprint density at radius 3 is 1.83 bits per heavy atom. The highest BCUT2D eigenvalue weighted by molar-refractivity contribution is 6.29. The van der Waals surface area contributed by atoms with E-state index in [1.54, 1.807) is 0 Å². The van der Waals surface area contributed by atoms with Gasteiger partial charge in [-0.25, -0.2) is 15.0 Å². The molecule has 0 fully saturated rings. The molecule has 0 aliphatic heterocycles. The lowest BCUT2D eigenvalue weighted by Crippen LogP contribution is -2.00. The highest BCUT2D eigenvalue weighted by Crippen LogP contribution is 2.43. The van der Waals surface area contributed by atoms with Crippen LogP contribution in [0.4, 0.5) is 0 Å². The summed E-state index contributed by atoms with van der Waals surface area (Å²) in [5.41, 5.74) is 6.04. The van der Waals surface area contributed by atoms with Gasteiger partial charge >= 0.3 is 0 Å². The van der Waals surface area contributed by atoms with E-state index in [4.69, 9.17) is 23.8 Å². The Kier molecular flexibility index (Phi) is 5.22. The van der Waals surface area contributed by atoms with Gasteiger partial charge in [-0.2, -0.15) is 0 Å². The van der Waals surface area contributed by atoms with Crippen LogP contribution in [0.1, 0.15) is 0 Å². The lowest BCUT2D eigenvalue weighted by molar-refractivity contribution is 0.668. The van der Waals surface area contributed by atoms with Crippen molar-refractivity contribution >= 4 is 65.4 Å².